The molecule has 0 fully saturated rings. The van der Waals surface area contributed by atoms with Crippen LogP contribution in [-0.4, -0.2) is 24.4 Å². The van der Waals surface area contributed by atoms with Crippen molar-refractivity contribution in [1.29, 1.82) is 0 Å². The van der Waals surface area contributed by atoms with Crippen molar-refractivity contribution < 1.29 is 9.59 Å². The van der Waals surface area contributed by atoms with Crippen LogP contribution in [-0.2, 0) is 4.79 Å². The van der Waals surface area contributed by atoms with Crippen molar-refractivity contribution in [1.82, 2.24) is 4.90 Å². The Balaban J connectivity index is 2.26. The third-order valence-corrected chi connectivity index (χ3v) is 4.33. The highest BCUT2D eigenvalue weighted by Gasteiger charge is 2.38. The fourth-order valence-corrected chi connectivity index (χ4v) is 3.09. The van der Waals surface area contributed by atoms with E-state index >= 15 is 0 Å². The molecular formula is C16H12Cl2N2O2. The maximum absolute atomic E-state index is 12.4. The minimum Gasteiger partial charge on any atom is -0.297 e. The second-order valence-electron chi connectivity index (χ2n) is 4.98. The number of fused-ring (bicyclic) bond motifs is 1. The molecule has 112 valence electrons. The molecule has 0 aliphatic carbocycles. The maximum atomic E-state index is 12.4. The molecule has 2 aromatic rings. The number of imide groups is 1. The van der Waals surface area contributed by atoms with E-state index in [4.69, 9.17) is 23.2 Å². The van der Waals surface area contributed by atoms with Crippen LogP contribution in [0.1, 0.15) is 17.2 Å². The van der Waals surface area contributed by atoms with E-state index in [1.165, 1.54) is 4.90 Å². The second-order valence-corrected chi connectivity index (χ2v) is 5.82. The Morgan fingerprint density at radius 1 is 1.09 bits per heavy atom. The van der Waals surface area contributed by atoms with E-state index in [1.807, 2.05) is 6.07 Å². The number of rotatable bonds is 2. The minimum absolute atomic E-state index is 0.398. The van der Waals surface area contributed by atoms with Crippen LogP contribution < -0.4 is 4.90 Å². The summed E-state index contributed by atoms with van der Waals surface area (Å²) in [5.41, 5.74) is 2.18. The van der Waals surface area contributed by atoms with Gasteiger partial charge in [0.2, 0.25) is 6.41 Å². The Labute approximate surface area is 137 Å². The standard InChI is InChI=1S/C16H12Cl2N2O2/c1-19-13-4-2-3-12(18)14(13)15(20(9-21)16(19)22)10-5-7-11(17)8-6-10/h2-9,15H,1H3. The van der Waals surface area contributed by atoms with Crippen molar-refractivity contribution in [3.8, 4) is 0 Å². The van der Waals surface area contributed by atoms with Crippen LogP contribution in [0.4, 0.5) is 10.5 Å². The molecule has 6 heteroatoms. The zero-order chi connectivity index (χ0) is 15.9. The molecule has 1 atom stereocenters. The Hall–Kier alpha value is -2.04. The first-order chi connectivity index (χ1) is 10.5. The lowest BCUT2D eigenvalue weighted by Gasteiger charge is -2.38. The van der Waals surface area contributed by atoms with Crippen LogP contribution in [0.25, 0.3) is 0 Å². The van der Waals surface area contributed by atoms with Crippen LogP contribution in [0.2, 0.25) is 10.0 Å². The Bertz CT molecular complexity index is 746. The highest BCUT2D eigenvalue weighted by molar-refractivity contribution is 6.32. The predicted octanol–water partition coefficient (Wildman–Crippen LogP) is 4.11. The molecule has 0 radical (unpaired) electrons. The smallest absolute Gasteiger partial charge is 0.297 e. The van der Waals surface area contributed by atoms with Gasteiger partial charge in [0.15, 0.2) is 0 Å². The zero-order valence-corrected chi connectivity index (χ0v) is 13.2. The van der Waals surface area contributed by atoms with Crippen LogP contribution in [0.5, 0.6) is 0 Å². The SMILES string of the molecule is CN1C(=O)N(C=O)C(c2ccc(Cl)cc2)c2c(Cl)cccc21. The maximum Gasteiger partial charge on any atom is 0.331 e. The first kappa shape index (κ1) is 14.9. The summed E-state index contributed by atoms with van der Waals surface area (Å²) in [7, 11) is 1.62. The molecule has 3 amide bonds. The summed E-state index contributed by atoms with van der Waals surface area (Å²) in [4.78, 5) is 26.5. The number of urea groups is 1. The summed E-state index contributed by atoms with van der Waals surface area (Å²) in [5, 5.41) is 1.09. The van der Waals surface area contributed by atoms with Crippen LogP contribution in [0.15, 0.2) is 42.5 Å². The van der Waals surface area contributed by atoms with Gasteiger partial charge in [-0.25, -0.2) is 4.79 Å². The van der Waals surface area contributed by atoms with Gasteiger partial charge in [0.25, 0.3) is 0 Å². The third kappa shape index (κ3) is 2.25. The minimum atomic E-state index is -0.567. The summed E-state index contributed by atoms with van der Waals surface area (Å²) in [6.45, 7) is 0. The fraction of sp³-hybridized carbons (Fsp3) is 0.125. The van der Waals surface area contributed by atoms with Gasteiger partial charge < -0.3 is 0 Å². The van der Waals surface area contributed by atoms with Gasteiger partial charge in [-0.05, 0) is 29.8 Å². The van der Waals surface area contributed by atoms with Gasteiger partial charge in [0, 0.05) is 22.7 Å². The Morgan fingerprint density at radius 3 is 2.41 bits per heavy atom. The molecule has 3 rings (SSSR count). The number of halogens is 2. The normalized spacial score (nSPS) is 17.4. The van der Waals surface area contributed by atoms with E-state index < -0.39 is 12.1 Å². The number of carbonyl (C=O) groups excluding carboxylic acids is 2. The van der Waals surface area contributed by atoms with E-state index in [0.717, 1.165) is 16.0 Å². The molecule has 0 bridgehead atoms. The van der Waals surface area contributed by atoms with Gasteiger partial charge in [-0.15, -0.1) is 0 Å². The quantitative estimate of drug-likeness (QED) is 0.775. The zero-order valence-electron chi connectivity index (χ0n) is 11.7. The molecule has 1 aliphatic heterocycles. The Kier molecular flexibility index (Phi) is 3.81. The number of carbonyl (C=O) groups is 2. The topological polar surface area (TPSA) is 40.6 Å². The lowest BCUT2D eigenvalue weighted by molar-refractivity contribution is -0.116. The molecule has 1 heterocycles. The monoisotopic (exact) mass is 334 g/mol. The average Bonchev–Trinajstić information content (AvgIpc) is 2.52. The van der Waals surface area contributed by atoms with E-state index in [0.29, 0.717) is 22.1 Å². The van der Waals surface area contributed by atoms with Crippen LogP contribution in [0.3, 0.4) is 0 Å². The van der Waals surface area contributed by atoms with Crippen molar-refractivity contribution in [2.45, 2.75) is 6.04 Å². The summed E-state index contributed by atoms with van der Waals surface area (Å²) in [6.07, 6.45) is 0.532. The van der Waals surface area contributed by atoms with Crippen molar-refractivity contribution in [3.05, 3.63) is 63.6 Å². The fourth-order valence-electron chi connectivity index (χ4n) is 2.69. The molecule has 0 spiro atoms. The molecule has 0 saturated heterocycles. The number of anilines is 1. The lowest BCUT2D eigenvalue weighted by atomic mass is 9.93. The molecule has 0 aromatic heterocycles. The second kappa shape index (κ2) is 5.63. The average molecular weight is 335 g/mol. The Morgan fingerprint density at radius 2 is 1.77 bits per heavy atom. The van der Waals surface area contributed by atoms with Gasteiger partial charge in [0.05, 0.1) is 11.7 Å². The summed E-state index contributed by atoms with van der Waals surface area (Å²) in [5.74, 6) is 0. The van der Waals surface area contributed by atoms with Gasteiger partial charge in [-0.3, -0.25) is 14.6 Å². The van der Waals surface area contributed by atoms with E-state index in [9.17, 15) is 9.59 Å². The molecular weight excluding hydrogens is 323 g/mol. The first-order valence-electron chi connectivity index (χ1n) is 6.59. The summed E-state index contributed by atoms with van der Waals surface area (Å²) < 4.78 is 0. The van der Waals surface area contributed by atoms with Crippen molar-refractivity contribution in [2.24, 2.45) is 0 Å². The van der Waals surface area contributed by atoms with Gasteiger partial charge >= 0.3 is 6.03 Å². The molecule has 0 N–H and O–H groups in total. The predicted molar refractivity (Wildman–Crippen MR) is 86.4 cm³/mol. The highest BCUT2D eigenvalue weighted by Crippen LogP contribution is 2.43. The molecule has 22 heavy (non-hydrogen) atoms. The highest BCUT2D eigenvalue weighted by atomic mass is 35.5. The summed E-state index contributed by atoms with van der Waals surface area (Å²) in [6, 6.07) is 11.4. The van der Waals surface area contributed by atoms with Crippen LogP contribution >= 0.6 is 23.2 Å². The van der Waals surface area contributed by atoms with Gasteiger partial charge in [-0.2, -0.15) is 0 Å². The van der Waals surface area contributed by atoms with Gasteiger partial charge in [-0.1, -0.05) is 41.4 Å². The molecule has 0 saturated carbocycles. The number of hydrogen-bond donors (Lipinski definition) is 0. The van der Waals surface area contributed by atoms with Crippen molar-refractivity contribution >= 4 is 41.3 Å². The molecule has 4 nitrogen and oxygen atoms in total. The van der Waals surface area contributed by atoms with Gasteiger partial charge in [0.1, 0.15) is 0 Å². The molecule has 1 aliphatic rings. The lowest BCUT2D eigenvalue weighted by Crippen LogP contribution is -2.47. The number of nitrogens with zero attached hydrogens (tertiary/aromatic N) is 2. The van der Waals surface area contributed by atoms with Crippen LogP contribution in [0, 0.1) is 0 Å². The van der Waals surface area contributed by atoms with E-state index in [1.54, 1.807) is 43.4 Å². The number of amides is 3. The van der Waals surface area contributed by atoms with Crippen molar-refractivity contribution in [3.63, 3.8) is 0 Å². The van der Waals surface area contributed by atoms with E-state index in [-0.39, 0.29) is 0 Å². The number of hydrogen-bond acceptors (Lipinski definition) is 2. The van der Waals surface area contributed by atoms with E-state index in [2.05, 4.69) is 0 Å². The largest absolute Gasteiger partial charge is 0.331 e. The third-order valence-electron chi connectivity index (χ3n) is 3.75. The molecule has 2 aromatic carbocycles. The van der Waals surface area contributed by atoms with Crippen molar-refractivity contribution in [2.75, 3.05) is 11.9 Å². The summed E-state index contributed by atoms with van der Waals surface area (Å²) >= 11 is 12.3. The number of benzene rings is 2. The molecule has 1 unspecified atom stereocenters. The first-order valence-corrected chi connectivity index (χ1v) is 7.35.